The van der Waals surface area contributed by atoms with Crippen molar-refractivity contribution in [2.45, 2.75) is 25.5 Å². The minimum atomic E-state index is -0.696. The molecule has 0 spiro atoms. The lowest BCUT2D eigenvalue weighted by atomic mass is 10.1. The van der Waals surface area contributed by atoms with Crippen LogP contribution in [-0.4, -0.2) is 54.1 Å². The van der Waals surface area contributed by atoms with Crippen LogP contribution >= 0.6 is 11.6 Å². The van der Waals surface area contributed by atoms with Crippen LogP contribution < -0.4 is 20.5 Å². The lowest BCUT2D eigenvalue weighted by molar-refractivity contribution is 0.154. The number of hydrogen-bond acceptors (Lipinski definition) is 8. The van der Waals surface area contributed by atoms with Gasteiger partial charge in [0.1, 0.15) is 25.5 Å². The van der Waals surface area contributed by atoms with Gasteiger partial charge in [0, 0.05) is 0 Å². The van der Waals surface area contributed by atoms with Gasteiger partial charge in [-0.15, -0.1) is 5.10 Å². The Morgan fingerprint density at radius 2 is 1.89 bits per heavy atom. The second kappa shape index (κ2) is 10.0. The summed E-state index contributed by atoms with van der Waals surface area (Å²) < 4.78 is 23.8. The number of carbonyl (C=O) groups is 1. The summed E-state index contributed by atoms with van der Waals surface area (Å²) in [7, 11) is 2.05. The summed E-state index contributed by atoms with van der Waals surface area (Å²) in [6.07, 6.45) is 0.904. The highest BCUT2D eigenvalue weighted by molar-refractivity contribution is 6.34. The molecule has 184 valence electrons. The first-order valence-electron chi connectivity index (χ1n) is 11.4. The molecule has 10 nitrogen and oxygen atoms in total. The number of ether oxygens (including phenoxy) is 3. The van der Waals surface area contributed by atoms with Crippen molar-refractivity contribution in [2.24, 2.45) is 0 Å². The second-order valence-corrected chi connectivity index (χ2v) is 8.88. The SMILES string of the molecule is CN1CCC(n2nc(-c3cc(Cl)c(NC(=O)OCc4ccccc4)c4c3OCCO4)oc2=O)CC1. The maximum atomic E-state index is 12.6. The van der Waals surface area contributed by atoms with E-state index in [1.807, 2.05) is 37.4 Å². The average Bonchev–Trinajstić information content (AvgIpc) is 3.26. The van der Waals surface area contributed by atoms with Crippen molar-refractivity contribution in [3.8, 4) is 23.0 Å². The number of fused-ring (bicyclic) bond motifs is 1. The number of aromatic nitrogens is 2. The molecule has 1 fully saturated rings. The Hall–Kier alpha value is -3.50. The molecule has 1 saturated heterocycles. The van der Waals surface area contributed by atoms with Crippen LogP contribution in [0.4, 0.5) is 10.5 Å². The summed E-state index contributed by atoms with van der Waals surface area (Å²) in [5, 5.41) is 7.25. The molecular formula is C24H25ClN4O6. The third-order valence-corrected chi connectivity index (χ3v) is 6.34. The molecule has 0 saturated carbocycles. The van der Waals surface area contributed by atoms with E-state index < -0.39 is 11.8 Å². The number of hydrogen-bond donors (Lipinski definition) is 1. The quantitative estimate of drug-likeness (QED) is 0.561. The first-order valence-corrected chi connectivity index (χ1v) is 11.8. The zero-order valence-electron chi connectivity index (χ0n) is 19.2. The van der Waals surface area contributed by atoms with Gasteiger partial charge >= 0.3 is 11.8 Å². The Bertz CT molecular complexity index is 1270. The summed E-state index contributed by atoms with van der Waals surface area (Å²) in [5.41, 5.74) is 1.43. The molecule has 0 bridgehead atoms. The zero-order valence-corrected chi connectivity index (χ0v) is 19.9. The molecule has 1 amide bonds. The summed E-state index contributed by atoms with van der Waals surface area (Å²) in [6.45, 7) is 2.38. The van der Waals surface area contributed by atoms with Gasteiger partial charge in [-0.25, -0.2) is 9.59 Å². The van der Waals surface area contributed by atoms with E-state index in [1.165, 1.54) is 10.7 Å². The van der Waals surface area contributed by atoms with Gasteiger partial charge in [0.25, 0.3) is 5.89 Å². The predicted molar refractivity (Wildman–Crippen MR) is 128 cm³/mol. The van der Waals surface area contributed by atoms with Gasteiger partial charge in [0.2, 0.25) is 0 Å². The number of benzene rings is 2. The highest BCUT2D eigenvalue weighted by atomic mass is 35.5. The third-order valence-electron chi connectivity index (χ3n) is 6.04. The van der Waals surface area contributed by atoms with Gasteiger partial charge in [0.05, 0.1) is 16.6 Å². The Balaban J connectivity index is 1.41. The smallest absolute Gasteiger partial charge is 0.437 e. The van der Waals surface area contributed by atoms with Crippen LogP contribution in [0.25, 0.3) is 11.5 Å². The first-order chi connectivity index (χ1) is 17.0. The third kappa shape index (κ3) is 4.98. The van der Waals surface area contributed by atoms with Crippen LogP contribution in [0.2, 0.25) is 5.02 Å². The van der Waals surface area contributed by atoms with Crippen LogP contribution in [0.5, 0.6) is 11.5 Å². The van der Waals surface area contributed by atoms with E-state index in [0.29, 0.717) is 5.56 Å². The Morgan fingerprint density at radius 1 is 1.17 bits per heavy atom. The molecular weight excluding hydrogens is 476 g/mol. The normalized spacial score (nSPS) is 16.2. The fourth-order valence-electron chi connectivity index (χ4n) is 4.18. The van der Waals surface area contributed by atoms with Crippen LogP contribution in [0.3, 0.4) is 0 Å². The van der Waals surface area contributed by atoms with Gasteiger partial charge in [-0.2, -0.15) is 4.68 Å². The highest BCUT2D eigenvalue weighted by Gasteiger charge is 2.30. The number of carbonyl (C=O) groups excluding carboxylic acids is 1. The lowest BCUT2D eigenvalue weighted by Crippen LogP contribution is -2.34. The van der Waals surface area contributed by atoms with Gasteiger partial charge in [0.15, 0.2) is 11.5 Å². The topological polar surface area (TPSA) is 108 Å². The first kappa shape index (κ1) is 23.3. The number of halogens is 1. The molecule has 3 heterocycles. The summed E-state index contributed by atoms with van der Waals surface area (Å²) >= 11 is 6.52. The molecule has 0 unspecified atom stereocenters. The molecule has 2 aliphatic rings. The number of piperidine rings is 1. The molecule has 35 heavy (non-hydrogen) atoms. The van der Waals surface area contributed by atoms with Crippen LogP contribution in [0.15, 0.2) is 45.6 Å². The molecule has 2 aliphatic heterocycles. The Labute approximate surface area is 206 Å². The number of nitrogens with zero attached hydrogens (tertiary/aromatic N) is 3. The fourth-order valence-corrected chi connectivity index (χ4v) is 4.42. The second-order valence-electron chi connectivity index (χ2n) is 8.47. The monoisotopic (exact) mass is 500 g/mol. The standard InChI is InChI=1S/C24H25ClN4O6/c1-28-9-7-16(8-10-28)29-24(31)35-22(27-29)17-13-18(25)19(21-20(17)32-11-12-33-21)26-23(30)34-14-15-5-3-2-4-6-15/h2-6,13,16H,7-12,14H2,1H3,(H,26,30). The minimum absolute atomic E-state index is 0.0417. The minimum Gasteiger partial charge on any atom is -0.485 e. The summed E-state index contributed by atoms with van der Waals surface area (Å²) in [6, 6.07) is 10.8. The molecule has 0 radical (unpaired) electrons. The summed E-state index contributed by atoms with van der Waals surface area (Å²) in [4.78, 5) is 27.3. The van der Waals surface area contributed by atoms with E-state index in [0.717, 1.165) is 31.5 Å². The average molecular weight is 501 g/mol. The molecule has 11 heteroatoms. The maximum Gasteiger partial charge on any atom is 0.437 e. The van der Waals surface area contributed by atoms with E-state index in [2.05, 4.69) is 15.3 Å². The van der Waals surface area contributed by atoms with Gasteiger partial charge in [-0.1, -0.05) is 41.9 Å². The van der Waals surface area contributed by atoms with Crippen molar-refractivity contribution in [1.82, 2.24) is 14.7 Å². The molecule has 0 aliphatic carbocycles. The van der Waals surface area contributed by atoms with Gasteiger partial charge < -0.3 is 23.5 Å². The molecule has 2 aromatic carbocycles. The van der Waals surface area contributed by atoms with Gasteiger partial charge in [-0.3, -0.25) is 5.32 Å². The van der Waals surface area contributed by atoms with Crippen molar-refractivity contribution in [2.75, 3.05) is 38.7 Å². The number of nitrogens with one attached hydrogen (secondary N) is 1. The van der Waals surface area contributed by atoms with Crippen molar-refractivity contribution < 1.29 is 23.4 Å². The fraction of sp³-hybridized carbons (Fsp3) is 0.375. The molecule has 1 N–H and O–H groups in total. The van der Waals surface area contributed by atoms with E-state index >= 15 is 0 Å². The molecule has 0 atom stereocenters. The molecule has 1 aromatic heterocycles. The number of rotatable bonds is 5. The van der Waals surface area contributed by atoms with E-state index in [9.17, 15) is 9.59 Å². The Kier molecular flexibility index (Phi) is 6.65. The van der Waals surface area contributed by atoms with Crippen LogP contribution in [0, 0.1) is 0 Å². The predicted octanol–water partition coefficient (Wildman–Crippen LogP) is 3.94. The van der Waals surface area contributed by atoms with Crippen molar-refractivity contribution in [3.05, 3.63) is 57.5 Å². The van der Waals surface area contributed by atoms with E-state index in [1.54, 1.807) is 0 Å². The number of anilines is 1. The molecule has 3 aromatic rings. The van der Waals surface area contributed by atoms with E-state index in [-0.39, 0.29) is 54.0 Å². The van der Waals surface area contributed by atoms with Crippen molar-refractivity contribution in [3.63, 3.8) is 0 Å². The number of amides is 1. The summed E-state index contributed by atoms with van der Waals surface area (Å²) in [5.74, 6) is 0.0568. The van der Waals surface area contributed by atoms with E-state index in [4.69, 9.17) is 30.2 Å². The van der Waals surface area contributed by atoms with Crippen molar-refractivity contribution >= 4 is 23.4 Å². The highest BCUT2D eigenvalue weighted by Crippen LogP contribution is 2.48. The lowest BCUT2D eigenvalue weighted by Gasteiger charge is -2.27. The Morgan fingerprint density at radius 3 is 2.63 bits per heavy atom. The molecule has 5 rings (SSSR count). The van der Waals surface area contributed by atoms with Gasteiger partial charge in [-0.05, 0) is 44.6 Å². The number of likely N-dealkylation sites (tertiary alicyclic amines) is 1. The largest absolute Gasteiger partial charge is 0.485 e. The van der Waals surface area contributed by atoms with Crippen LogP contribution in [-0.2, 0) is 11.3 Å². The maximum absolute atomic E-state index is 12.6. The van der Waals surface area contributed by atoms with Crippen molar-refractivity contribution in [1.29, 1.82) is 0 Å². The van der Waals surface area contributed by atoms with Crippen LogP contribution in [0.1, 0.15) is 24.4 Å². The zero-order chi connectivity index (χ0) is 24.4.